The summed E-state index contributed by atoms with van der Waals surface area (Å²) in [6, 6.07) is 0.140. The van der Waals surface area contributed by atoms with Crippen molar-refractivity contribution in [3.8, 4) is 0 Å². The predicted octanol–water partition coefficient (Wildman–Crippen LogP) is -0.112. The molecule has 0 saturated heterocycles. The molecule has 0 heterocycles. The third kappa shape index (κ3) is 6.76. The van der Waals surface area contributed by atoms with E-state index in [1.165, 1.54) is 0 Å². The van der Waals surface area contributed by atoms with Gasteiger partial charge in [-0.15, -0.1) is 0 Å². The fraction of sp³-hybridized carbons (Fsp3) is 0.909. The molecule has 0 aromatic rings. The van der Waals surface area contributed by atoms with E-state index in [2.05, 4.69) is 10.6 Å². The van der Waals surface area contributed by atoms with Gasteiger partial charge in [0.05, 0.1) is 13.2 Å². The van der Waals surface area contributed by atoms with Crippen molar-refractivity contribution in [2.75, 3.05) is 26.9 Å². The quantitative estimate of drug-likeness (QED) is 0.546. The Kier molecular flexibility index (Phi) is 7.29. The maximum atomic E-state index is 11.4. The van der Waals surface area contributed by atoms with Crippen molar-refractivity contribution in [1.82, 2.24) is 10.6 Å². The number of rotatable bonds is 8. The highest BCUT2D eigenvalue weighted by Gasteiger charge is 2.23. The first-order valence-corrected chi connectivity index (χ1v) is 5.57. The molecule has 16 heavy (non-hydrogen) atoms. The van der Waals surface area contributed by atoms with E-state index < -0.39 is 0 Å². The minimum Gasteiger partial charge on any atom is -0.396 e. The van der Waals surface area contributed by atoms with Crippen LogP contribution in [0.3, 0.4) is 0 Å². The van der Waals surface area contributed by atoms with Gasteiger partial charge in [0.25, 0.3) is 0 Å². The molecule has 0 aromatic heterocycles. The Morgan fingerprint density at radius 1 is 1.50 bits per heavy atom. The zero-order valence-electron chi connectivity index (χ0n) is 10.7. The van der Waals surface area contributed by atoms with Crippen LogP contribution in [-0.2, 0) is 9.53 Å². The van der Waals surface area contributed by atoms with Gasteiger partial charge in [0.2, 0.25) is 5.91 Å². The van der Waals surface area contributed by atoms with Crippen molar-refractivity contribution in [2.45, 2.75) is 38.8 Å². The van der Waals surface area contributed by atoms with E-state index >= 15 is 0 Å². The summed E-state index contributed by atoms with van der Waals surface area (Å²) < 4.78 is 5.07. The lowest BCUT2D eigenvalue weighted by atomic mass is 9.99. The molecule has 0 radical (unpaired) electrons. The number of methoxy groups -OCH3 is 1. The molecule has 0 spiro atoms. The van der Waals surface area contributed by atoms with Crippen LogP contribution < -0.4 is 10.6 Å². The van der Waals surface area contributed by atoms with Crippen LogP contribution in [0.15, 0.2) is 0 Å². The average molecular weight is 232 g/mol. The van der Waals surface area contributed by atoms with Crippen LogP contribution >= 0.6 is 0 Å². The minimum atomic E-state index is -0.363. The number of aliphatic hydroxyl groups excluding tert-OH is 1. The van der Waals surface area contributed by atoms with E-state index in [-0.39, 0.29) is 30.6 Å². The van der Waals surface area contributed by atoms with E-state index in [0.717, 1.165) is 0 Å². The second-order valence-electron chi connectivity index (χ2n) is 4.54. The van der Waals surface area contributed by atoms with E-state index in [1.807, 2.05) is 20.8 Å². The van der Waals surface area contributed by atoms with E-state index in [1.54, 1.807) is 7.11 Å². The van der Waals surface area contributed by atoms with Crippen molar-refractivity contribution >= 4 is 5.91 Å². The predicted molar refractivity (Wildman–Crippen MR) is 63.3 cm³/mol. The summed E-state index contributed by atoms with van der Waals surface area (Å²) in [5.74, 6) is -0.0460. The van der Waals surface area contributed by atoms with Crippen LogP contribution in [0.5, 0.6) is 0 Å². The smallest absolute Gasteiger partial charge is 0.234 e. The summed E-state index contributed by atoms with van der Waals surface area (Å²) in [7, 11) is 1.60. The molecule has 0 aliphatic heterocycles. The highest BCUT2D eigenvalue weighted by Crippen LogP contribution is 2.08. The zero-order chi connectivity index (χ0) is 12.6. The molecule has 0 saturated carbocycles. The van der Waals surface area contributed by atoms with Gasteiger partial charge in [-0.25, -0.2) is 0 Å². The Morgan fingerprint density at radius 2 is 2.12 bits per heavy atom. The number of ether oxygens (including phenoxy) is 1. The van der Waals surface area contributed by atoms with E-state index in [9.17, 15) is 4.79 Å². The van der Waals surface area contributed by atoms with Crippen LogP contribution in [0, 0.1) is 0 Å². The van der Waals surface area contributed by atoms with Crippen molar-refractivity contribution in [3.05, 3.63) is 0 Å². The van der Waals surface area contributed by atoms with E-state index in [0.29, 0.717) is 13.0 Å². The molecule has 5 heteroatoms. The molecule has 0 aliphatic carbocycles. The summed E-state index contributed by atoms with van der Waals surface area (Å²) in [5.41, 5.74) is -0.363. The molecule has 5 nitrogen and oxygen atoms in total. The number of amides is 1. The van der Waals surface area contributed by atoms with Crippen LogP contribution in [0.1, 0.15) is 27.2 Å². The Morgan fingerprint density at radius 3 is 2.56 bits per heavy atom. The number of carbonyl (C=O) groups excluding carboxylic acids is 1. The fourth-order valence-electron chi connectivity index (χ4n) is 1.44. The summed E-state index contributed by atoms with van der Waals surface area (Å²) in [4.78, 5) is 11.4. The van der Waals surface area contributed by atoms with Crippen molar-refractivity contribution in [2.24, 2.45) is 0 Å². The van der Waals surface area contributed by atoms with Gasteiger partial charge in [0.15, 0.2) is 0 Å². The first-order chi connectivity index (χ1) is 7.43. The van der Waals surface area contributed by atoms with Crippen LogP contribution in [0.2, 0.25) is 0 Å². The lowest BCUT2D eigenvalue weighted by molar-refractivity contribution is -0.121. The van der Waals surface area contributed by atoms with Gasteiger partial charge in [0, 0.05) is 25.3 Å². The van der Waals surface area contributed by atoms with Gasteiger partial charge in [-0.05, 0) is 27.2 Å². The number of nitrogens with one attached hydrogen (secondary N) is 2. The first-order valence-electron chi connectivity index (χ1n) is 5.57. The van der Waals surface area contributed by atoms with Gasteiger partial charge in [-0.2, -0.15) is 0 Å². The third-order valence-electron chi connectivity index (χ3n) is 2.25. The summed E-state index contributed by atoms with van der Waals surface area (Å²) >= 11 is 0. The highest BCUT2D eigenvalue weighted by molar-refractivity contribution is 5.78. The van der Waals surface area contributed by atoms with Gasteiger partial charge in [0.1, 0.15) is 0 Å². The maximum Gasteiger partial charge on any atom is 0.234 e. The summed E-state index contributed by atoms with van der Waals surface area (Å²) in [6.45, 7) is 6.52. The Labute approximate surface area is 97.6 Å². The summed E-state index contributed by atoms with van der Waals surface area (Å²) in [6.07, 6.45) is 0.551. The molecule has 1 atom stereocenters. The van der Waals surface area contributed by atoms with Crippen molar-refractivity contribution in [3.63, 3.8) is 0 Å². The Bertz CT molecular complexity index is 201. The van der Waals surface area contributed by atoms with Crippen molar-refractivity contribution < 1.29 is 14.6 Å². The standard InChI is InChI=1S/C11H24N2O3/c1-9(2)13-10(15)7-12-11(3,5-6-14)8-16-4/h9,12,14H,5-8H2,1-4H3,(H,13,15). The largest absolute Gasteiger partial charge is 0.396 e. The van der Waals surface area contributed by atoms with Crippen LogP contribution in [0.4, 0.5) is 0 Å². The molecular weight excluding hydrogens is 208 g/mol. The molecule has 0 fully saturated rings. The zero-order valence-corrected chi connectivity index (χ0v) is 10.7. The molecule has 0 aliphatic rings. The first kappa shape index (κ1) is 15.3. The SMILES string of the molecule is COCC(C)(CCO)NCC(=O)NC(C)C. The number of carbonyl (C=O) groups is 1. The number of hydrogen-bond acceptors (Lipinski definition) is 4. The van der Waals surface area contributed by atoms with Gasteiger partial charge < -0.3 is 20.5 Å². The lowest BCUT2D eigenvalue weighted by Crippen LogP contribution is -2.51. The normalized spacial score (nSPS) is 14.9. The number of aliphatic hydroxyl groups is 1. The van der Waals surface area contributed by atoms with Gasteiger partial charge in [-0.1, -0.05) is 0 Å². The molecule has 1 amide bonds. The number of hydrogen-bond donors (Lipinski definition) is 3. The minimum absolute atomic E-state index is 0.0460. The van der Waals surface area contributed by atoms with Crippen LogP contribution in [0.25, 0.3) is 0 Å². The molecular formula is C11H24N2O3. The Balaban J connectivity index is 4.05. The second-order valence-corrected chi connectivity index (χ2v) is 4.54. The summed E-state index contributed by atoms with van der Waals surface area (Å²) in [5, 5.41) is 14.8. The molecule has 0 rings (SSSR count). The molecule has 96 valence electrons. The maximum absolute atomic E-state index is 11.4. The second kappa shape index (κ2) is 7.60. The third-order valence-corrected chi connectivity index (χ3v) is 2.25. The molecule has 1 unspecified atom stereocenters. The average Bonchev–Trinajstić information content (AvgIpc) is 2.15. The Hall–Kier alpha value is -0.650. The van der Waals surface area contributed by atoms with Gasteiger partial charge in [-0.3, -0.25) is 4.79 Å². The highest BCUT2D eigenvalue weighted by atomic mass is 16.5. The molecule has 0 aromatic carbocycles. The van der Waals surface area contributed by atoms with Crippen LogP contribution in [-0.4, -0.2) is 49.5 Å². The van der Waals surface area contributed by atoms with Crippen molar-refractivity contribution in [1.29, 1.82) is 0 Å². The lowest BCUT2D eigenvalue weighted by Gasteiger charge is -2.29. The van der Waals surface area contributed by atoms with Gasteiger partial charge >= 0.3 is 0 Å². The topological polar surface area (TPSA) is 70.6 Å². The monoisotopic (exact) mass is 232 g/mol. The fourth-order valence-corrected chi connectivity index (χ4v) is 1.44. The molecule has 3 N–H and O–H groups in total. The molecule has 0 bridgehead atoms. The van der Waals surface area contributed by atoms with E-state index in [4.69, 9.17) is 9.84 Å².